The summed E-state index contributed by atoms with van der Waals surface area (Å²) in [5, 5.41) is 1.45. The molecule has 2 aromatic heterocycles. The minimum atomic E-state index is -0.430. The van der Waals surface area contributed by atoms with Gasteiger partial charge in [-0.25, -0.2) is 19.7 Å². The van der Waals surface area contributed by atoms with Gasteiger partial charge in [0.1, 0.15) is 10.7 Å². The summed E-state index contributed by atoms with van der Waals surface area (Å²) >= 11 is 7.77. The summed E-state index contributed by atoms with van der Waals surface area (Å²) in [6.07, 6.45) is 6.79. The van der Waals surface area contributed by atoms with Crippen LogP contribution in [0.4, 0.5) is 0 Å². The van der Waals surface area contributed by atoms with Crippen LogP contribution in [0, 0.1) is 6.92 Å². The van der Waals surface area contributed by atoms with Crippen LogP contribution in [0.3, 0.4) is 0 Å². The van der Waals surface area contributed by atoms with Gasteiger partial charge < -0.3 is 4.90 Å². The monoisotopic (exact) mass is 562 g/mol. The molecule has 1 aliphatic heterocycles. The highest BCUT2D eigenvalue weighted by Gasteiger charge is 2.21. The summed E-state index contributed by atoms with van der Waals surface area (Å²) in [6.45, 7) is 6.31. The number of carbonyl (C=O) groups is 1. The number of nitrogens with zero attached hydrogens (tertiary/aromatic N) is 4. The summed E-state index contributed by atoms with van der Waals surface area (Å²) in [4.78, 5) is 39.6. The first-order valence-electron chi connectivity index (χ1n) is 13.2. The molecule has 0 bridgehead atoms. The zero-order chi connectivity index (χ0) is 27.4. The van der Waals surface area contributed by atoms with E-state index >= 15 is 0 Å². The Bertz CT molecular complexity index is 1520. The lowest BCUT2D eigenvalue weighted by Crippen LogP contribution is -2.24. The number of aryl methyl sites for hydroxylation is 1. The van der Waals surface area contributed by atoms with Gasteiger partial charge in [-0.3, -0.25) is 4.89 Å². The average molecular weight is 563 g/mol. The molecule has 7 nitrogen and oxygen atoms in total. The largest absolute Gasteiger partial charge is 0.346 e. The third-order valence-electron chi connectivity index (χ3n) is 6.77. The predicted octanol–water partition coefficient (Wildman–Crippen LogP) is 6.92. The van der Waals surface area contributed by atoms with Crippen molar-refractivity contribution >= 4 is 44.7 Å². The summed E-state index contributed by atoms with van der Waals surface area (Å²) in [6, 6.07) is 11.6. The molecule has 0 amide bonds. The van der Waals surface area contributed by atoms with E-state index in [0.717, 1.165) is 86.9 Å². The number of fused-ring (bicyclic) bond motifs is 1. The predicted molar refractivity (Wildman–Crippen MR) is 157 cm³/mol. The zero-order valence-electron chi connectivity index (χ0n) is 22.4. The highest BCUT2D eigenvalue weighted by atomic mass is 35.5. The molecule has 0 fully saturated rings. The summed E-state index contributed by atoms with van der Waals surface area (Å²) < 4.78 is 0.978. The average Bonchev–Trinajstić information content (AvgIpc) is 3.36. The number of thiazole rings is 1. The lowest BCUT2D eigenvalue weighted by atomic mass is 9.93. The molecule has 0 spiro atoms. The number of aromatic nitrogens is 3. The molecule has 0 atom stereocenters. The lowest BCUT2D eigenvalue weighted by Gasteiger charge is -2.21. The number of rotatable bonds is 9. The lowest BCUT2D eigenvalue weighted by molar-refractivity contribution is -0.272. The fourth-order valence-corrected chi connectivity index (χ4v) is 5.82. The van der Waals surface area contributed by atoms with Crippen LogP contribution in [0.5, 0.6) is 0 Å². The number of hydrogen-bond donors (Lipinski definition) is 0. The van der Waals surface area contributed by atoms with E-state index in [2.05, 4.69) is 29.9 Å². The van der Waals surface area contributed by atoms with Gasteiger partial charge in [0.2, 0.25) is 0 Å². The Morgan fingerprint density at radius 2 is 2.00 bits per heavy atom. The summed E-state index contributed by atoms with van der Waals surface area (Å²) in [5.74, 6) is 0.320. The van der Waals surface area contributed by atoms with Crippen LogP contribution in [0.1, 0.15) is 43.1 Å². The second-order valence-electron chi connectivity index (χ2n) is 9.74. The Morgan fingerprint density at radius 1 is 1.18 bits per heavy atom. The van der Waals surface area contributed by atoms with Crippen LogP contribution in [0.25, 0.3) is 37.6 Å². The van der Waals surface area contributed by atoms with Crippen molar-refractivity contribution in [3.05, 3.63) is 70.6 Å². The molecule has 202 valence electrons. The minimum absolute atomic E-state index is 0.0827. The van der Waals surface area contributed by atoms with Gasteiger partial charge in [-0.2, -0.15) is 4.89 Å². The highest BCUT2D eigenvalue weighted by Crippen LogP contribution is 2.41. The van der Waals surface area contributed by atoms with Crippen LogP contribution >= 0.6 is 22.9 Å². The molecule has 9 heteroatoms. The number of carbonyl (C=O) groups excluding carboxylic acids is 1. The van der Waals surface area contributed by atoms with E-state index in [9.17, 15) is 4.79 Å². The van der Waals surface area contributed by atoms with Crippen LogP contribution in [-0.4, -0.2) is 52.6 Å². The van der Waals surface area contributed by atoms with Gasteiger partial charge in [-0.15, -0.1) is 11.3 Å². The third kappa shape index (κ3) is 6.36. The molecule has 2 aromatic carbocycles. The Kier molecular flexibility index (Phi) is 8.67. The molecule has 0 saturated heterocycles. The topological polar surface area (TPSA) is 77.4 Å². The SMILES string of the molecule is CCCCOOC(=O)Cc1c(C)cc2nc(-c3ccnc(C4=CCN(C)CC4)n3)sc2c1-c1ccc(Cl)cc1. The molecule has 0 saturated carbocycles. The first-order chi connectivity index (χ1) is 18.9. The van der Waals surface area contributed by atoms with E-state index in [1.165, 1.54) is 0 Å². The number of hydrogen-bond acceptors (Lipinski definition) is 8. The fourth-order valence-electron chi connectivity index (χ4n) is 4.59. The Labute approximate surface area is 237 Å². The van der Waals surface area contributed by atoms with E-state index in [4.69, 9.17) is 31.3 Å². The van der Waals surface area contributed by atoms with Crippen molar-refractivity contribution in [2.45, 2.75) is 39.5 Å². The van der Waals surface area contributed by atoms with Crippen molar-refractivity contribution in [3.8, 4) is 21.8 Å². The van der Waals surface area contributed by atoms with E-state index in [-0.39, 0.29) is 6.42 Å². The van der Waals surface area contributed by atoms with Gasteiger partial charge in [0, 0.05) is 29.9 Å². The molecule has 0 aliphatic carbocycles. The standard InChI is InChI=1S/C30H31ClN4O3S/c1-4-5-16-37-38-26(36)18-23-19(2)17-25-28(27(23)20-6-8-22(31)9-7-20)39-30(34-25)24-10-13-32-29(33-24)21-11-14-35(3)15-12-21/h6-11,13,17H,4-5,12,14-16,18H2,1-3H3. The van der Waals surface area contributed by atoms with Crippen molar-refractivity contribution in [1.29, 1.82) is 0 Å². The molecule has 39 heavy (non-hydrogen) atoms. The number of benzene rings is 2. The molecule has 5 rings (SSSR count). The maximum Gasteiger partial charge on any atom is 0.346 e. The first kappa shape index (κ1) is 27.4. The molecule has 1 aliphatic rings. The molecule has 0 radical (unpaired) electrons. The second kappa shape index (κ2) is 12.3. The van der Waals surface area contributed by atoms with Gasteiger partial charge in [-0.05, 0) is 73.3 Å². The Morgan fingerprint density at radius 3 is 2.74 bits per heavy atom. The first-order valence-corrected chi connectivity index (χ1v) is 14.3. The maximum absolute atomic E-state index is 12.7. The molecular formula is C30H31ClN4O3S. The minimum Gasteiger partial charge on any atom is -0.302 e. The van der Waals surface area contributed by atoms with Gasteiger partial charge >= 0.3 is 5.97 Å². The van der Waals surface area contributed by atoms with Crippen molar-refractivity contribution in [1.82, 2.24) is 19.9 Å². The quantitative estimate of drug-likeness (QED) is 0.124. The van der Waals surface area contributed by atoms with E-state index < -0.39 is 5.97 Å². The molecule has 0 unspecified atom stereocenters. The van der Waals surface area contributed by atoms with Gasteiger partial charge in [-0.1, -0.05) is 43.2 Å². The number of halogens is 1. The highest BCUT2D eigenvalue weighted by molar-refractivity contribution is 7.22. The second-order valence-corrected chi connectivity index (χ2v) is 11.2. The van der Waals surface area contributed by atoms with Gasteiger partial charge in [0.05, 0.1) is 23.2 Å². The van der Waals surface area contributed by atoms with E-state index in [1.54, 1.807) is 17.5 Å². The van der Waals surface area contributed by atoms with E-state index in [0.29, 0.717) is 11.6 Å². The maximum atomic E-state index is 12.7. The Balaban J connectivity index is 1.55. The molecule has 0 N–H and O–H groups in total. The fraction of sp³-hybridized carbons (Fsp3) is 0.333. The van der Waals surface area contributed by atoms with Crippen LogP contribution in [0.15, 0.2) is 48.7 Å². The third-order valence-corrected chi connectivity index (χ3v) is 8.14. The molecule has 3 heterocycles. The van der Waals surface area contributed by atoms with Crippen LogP contribution in [0.2, 0.25) is 5.02 Å². The molecular weight excluding hydrogens is 532 g/mol. The van der Waals surface area contributed by atoms with Crippen LogP contribution in [-0.2, 0) is 21.0 Å². The molecule has 4 aromatic rings. The number of unbranched alkanes of at least 4 members (excludes halogenated alkanes) is 1. The van der Waals surface area contributed by atoms with Gasteiger partial charge in [0.25, 0.3) is 0 Å². The zero-order valence-corrected chi connectivity index (χ0v) is 23.9. The van der Waals surface area contributed by atoms with Crippen molar-refractivity contribution in [3.63, 3.8) is 0 Å². The van der Waals surface area contributed by atoms with Crippen molar-refractivity contribution < 1.29 is 14.6 Å². The van der Waals surface area contributed by atoms with Crippen molar-refractivity contribution in [2.75, 3.05) is 26.7 Å². The van der Waals surface area contributed by atoms with Gasteiger partial charge in [0.15, 0.2) is 5.82 Å². The summed E-state index contributed by atoms with van der Waals surface area (Å²) in [5.41, 5.74) is 6.54. The summed E-state index contributed by atoms with van der Waals surface area (Å²) in [7, 11) is 2.11. The normalized spacial score (nSPS) is 14.0. The van der Waals surface area contributed by atoms with Crippen molar-refractivity contribution in [2.24, 2.45) is 0 Å². The smallest absolute Gasteiger partial charge is 0.302 e. The van der Waals surface area contributed by atoms with Crippen LogP contribution < -0.4 is 0 Å². The Hall–Kier alpha value is -3.17. The van der Waals surface area contributed by atoms with E-state index in [1.807, 2.05) is 43.3 Å². The number of likely N-dealkylation sites (N-methyl/N-ethyl adjacent to an activating group) is 1.